The van der Waals surface area contributed by atoms with Gasteiger partial charge in [0.2, 0.25) is 0 Å². The van der Waals surface area contributed by atoms with Crippen LogP contribution in [0.4, 0.5) is 0 Å². The van der Waals surface area contributed by atoms with Crippen molar-refractivity contribution in [2.75, 3.05) is 23.8 Å². The summed E-state index contributed by atoms with van der Waals surface area (Å²) in [4.78, 5) is 14.2. The van der Waals surface area contributed by atoms with Gasteiger partial charge in [-0.15, -0.1) is 0 Å². The minimum atomic E-state index is -3.28. The zero-order chi connectivity index (χ0) is 15.6. The number of amides is 1. The van der Waals surface area contributed by atoms with Gasteiger partial charge in [-0.05, 0) is 34.1 Å². The zero-order valence-corrected chi connectivity index (χ0v) is 16.2. The van der Waals surface area contributed by atoms with Crippen LogP contribution in [0.5, 0.6) is 0 Å². The monoisotopic (exact) mass is 455 g/mol. The molecular weight excluding hydrogens is 442 g/mol. The average Bonchev–Trinajstić information content (AvgIpc) is 2.46. The molecule has 4 nitrogen and oxygen atoms in total. The molecule has 0 N–H and O–H groups in total. The normalized spacial score (nSPS) is 19.6. The van der Waals surface area contributed by atoms with E-state index in [1.807, 2.05) is 0 Å². The van der Waals surface area contributed by atoms with Crippen molar-refractivity contribution < 1.29 is 13.2 Å². The van der Waals surface area contributed by atoms with Gasteiger partial charge in [-0.25, -0.2) is 8.42 Å². The molecule has 1 aliphatic heterocycles. The summed E-state index contributed by atoms with van der Waals surface area (Å²) in [6.07, 6.45) is 0. The van der Waals surface area contributed by atoms with E-state index < -0.39 is 15.2 Å². The number of benzene rings is 1. The molecule has 1 saturated heterocycles. The number of carbonyl (C=O) groups excluding carboxylic acids is 1. The fourth-order valence-electron chi connectivity index (χ4n) is 2.12. The smallest absolute Gasteiger partial charge is 0.256 e. The van der Waals surface area contributed by atoms with Gasteiger partial charge in [0.1, 0.15) is 5.37 Å². The second-order valence-electron chi connectivity index (χ2n) is 4.60. The van der Waals surface area contributed by atoms with E-state index in [1.165, 1.54) is 4.90 Å². The highest BCUT2D eigenvalue weighted by molar-refractivity contribution is 9.11. The van der Waals surface area contributed by atoms with E-state index in [9.17, 15) is 13.2 Å². The maximum Gasteiger partial charge on any atom is 0.256 e. The highest BCUT2D eigenvalue weighted by Crippen LogP contribution is 2.27. The number of halogens is 2. The lowest BCUT2D eigenvalue weighted by atomic mass is 10.2. The predicted molar refractivity (Wildman–Crippen MR) is 93.5 cm³/mol. The molecule has 1 unspecified atom stereocenters. The van der Waals surface area contributed by atoms with E-state index in [4.69, 9.17) is 0 Å². The first-order chi connectivity index (χ1) is 9.86. The van der Waals surface area contributed by atoms with Crippen molar-refractivity contribution in [2.24, 2.45) is 0 Å². The van der Waals surface area contributed by atoms with Crippen LogP contribution >= 0.6 is 43.6 Å². The molecule has 1 aromatic carbocycles. The van der Waals surface area contributed by atoms with Gasteiger partial charge in [-0.3, -0.25) is 4.79 Å². The molecule has 1 aromatic rings. The van der Waals surface area contributed by atoms with Crippen LogP contribution in [-0.4, -0.2) is 48.4 Å². The zero-order valence-electron chi connectivity index (χ0n) is 11.4. The Balaban J connectivity index is 2.35. The van der Waals surface area contributed by atoms with E-state index >= 15 is 0 Å². The molecule has 0 aliphatic carbocycles. The van der Waals surface area contributed by atoms with Crippen molar-refractivity contribution in [3.63, 3.8) is 0 Å². The first-order valence-corrected chi connectivity index (χ1v) is 10.9. The summed E-state index contributed by atoms with van der Waals surface area (Å²) in [6, 6.07) is 5.27. The molecule has 0 spiro atoms. The number of carbonyl (C=O) groups is 1. The second kappa shape index (κ2) is 7.02. The Kier molecular flexibility index (Phi) is 5.78. The van der Waals surface area contributed by atoms with Crippen molar-refractivity contribution in [3.05, 3.63) is 32.7 Å². The van der Waals surface area contributed by atoms with Crippen molar-refractivity contribution >= 4 is 59.4 Å². The van der Waals surface area contributed by atoms with Crippen LogP contribution in [-0.2, 0) is 9.84 Å². The summed E-state index contributed by atoms with van der Waals surface area (Å²) >= 11 is 8.29. The number of hydrogen-bond acceptors (Lipinski definition) is 4. The van der Waals surface area contributed by atoms with Crippen LogP contribution in [0.25, 0.3) is 0 Å². The maximum absolute atomic E-state index is 12.7. The minimum absolute atomic E-state index is 0.0452. The molecule has 8 heteroatoms. The molecule has 2 rings (SSSR count). The lowest BCUT2D eigenvalue weighted by molar-refractivity contribution is 0.0748. The summed E-state index contributed by atoms with van der Waals surface area (Å²) in [6.45, 7) is 2.07. The molecule has 1 heterocycles. The third kappa shape index (κ3) is 3.83. The first kappa shape index (κ1) is 17.3. The fraction of sp³-hybridized carbons (Fsp3) is 0.462. The lowest BCUT2D eigenvalue weighted by Gasteiger charge is -2.35. The summed E-state index contributed by atoms with van der Waals surface area (Å²) in [5, 5.41) is -0.732. The fourth-order valence-corrected chi connectivity index (χ4v) is 6.30. The van der Waals surface area contributed by atoms with E-state index in [0.29, 0.717) is 22.3 Å². The summed E-state index contributed by atoms with van der Waals surface area (Å²) in [5.41, 5.74) is 0.487. The predicted octanol–water partition coefficient (Wildman–Crippen LogP) is 3.16. The first-order valence-electron chi connectivity index (χ1n) is 6.42. The molecule has 1 atom stereocenters. The topological polar surface area (TPSA) is 54.5 Å². The molecule has 0 aromatic heterocycles. The molecule has 0 radical (unpaired) electrons. The van der Waals surface area contributed by atoms with Gasteiger partial charge in [-0.1, -0.05) is 22.9 Å². The molecule has 116 valence electrons. The Bertz CT molecular complexity index is 649. The van der Waals surface area contributed by atoms with Crippen LogP contribution in [0, 0.1) is 0 Å². The van der Waals surface area contributed by atoms with Crippen LogP contribution in [0.2, 0.25) is 0 Å². The Hall–Kier alpha value is -0.0500. The van der Waals surface area contributed by atoms with Crippen LogP contribution in [0.15, 0.2) is 27.1 Å². The van der Waals surface area contributed by atoms with E-state index in [0.717, 1.165) is 10.2 Å². The molecular formula is C13H15Br2NO3S2. The van der Waals surface area contributed by atoms with Crippen molar-refractivity contribution in [1.82, 2.24) is 4.90 Å². The number of sulfone groups is 1. The number of hydrogen-bond donors (Lipinski definition) is 0. The molecule has 1 fully saturated rings. The largest absolute Gasteiger partial charge is 0.320 e. The van der Waals surface area contributed by atoms with Gasteiger partial charge < -0.3 is 4.90 Å². The highest BCUT2D eigenvalue weighted by Gasteiger charge is 2.36. The van der Waals surface area contributed by atoms with E-state index in [1.54, 1.807) is 36.9 Å². The van der Waals surface area contributed by atoms with Gasteiger partial charge in [-0.2, -0.15) is 11.8 Å². The number of rotatable bonds is 3. The van der Waals surface area contributed by atoms with E-state index in [-0.39, 0.29) is 11.7 Å². The molecule has 0 saturated carbocycles. The second-order valence-corrected chi connectivity index (χ2v) is 9.97. The SMILES string of the molecule is CCS(=O)(=O)C1CSCCN1C(=O)c1ccc(Br)cc1Br. The Morgan fingerprint density at radius 3 is 2.76 bits per heavy atom. The van der Waals surface area contributed by atoms with Gasteiger partial charge >= 0.3 is 0 Å². The Morgan fingerprint density at radius 2 is 2.14 bits per heavy atom. The quantitative estimate of drug-likeness (QED) is 0.700. The number of nitrogens with zero attached hydrogens (tertiary/aromatic N) is 1. The maximum atomic E-state index is 12.7. The standard InChI is InChI=1S/C13H15Br2NO3S2/c1-2-21(18,19)12-8-20-6-5-16(12)13(17)10-4-3-9(14)7-11(10)15/h3-4,7,12H,2,5-6,8H2,1H3. The molecule has 0 bridgehead atoms. The van der Waals surface area contributed by atoms with Gasteiger partial charge in [0.25, 0.3) is 5.91 Å². The van der Waals surface area contributed by atoms with Crippen molar-refractivity contribution in [2.45, 2.75) is 12.3 Å². The third-order valence-electron chi connectivity index (χ3n) is 3.32. The summed E-state index contributed by atoms with van der Waals surface area (Å²) in [7, 11) is -3.28. The van der Waals surface area contributed by atoms with Gasteiger partial charge in [0.05, 0.1) is 5.56 Å². The van der Waals surface area contributed by atoms with Crippen LogP contribution < -0.4 is 0 Å². The van der Waals surface area contributed by atoms with Gasteiger partial charge in [0, 0.05) is 32.7 Å². The third-order valence-corrected chi connectivity index (χ3v) is 7.76. The summed E-state index contributed by atoms with van der Waals surface area (Å²) in [5.74, 6) is 1.01. The lowest BCUT2D eigenvalue weighted by Crippen LogP contribution is -2.50. The Morgan fingerprint density at radius 1 is 1.43 bits per heavy atom. The van der Waals surface area contributed by atoms with E-state index in [2.05, 4.69) is 31.9 Å². The average molecular weight is 457 g/mol. The van der Waals surface area contributed by atoms with Crippen LogP contribution in [0.3, 0.4) is 0 Å². The summed E-state index contributed by atoms with van der Waals surface area (Å²) < 4.78 is 25.9. The number of thioether (sulfide) groups is 1. The van der Waals surface area contributed by atoms with Crippen molar-refractivity contribution in [3.8, 4) is 0 Å². The minimum Gasteiger partial charge on any atom is -0.320 e. The molecule has 21 heavy (non-hydrogen) atoms. The van der Waals surface area contributed by atoms with Gasteiger partial charge in [0.15, 0.2) is 9.84 Å². The van der Waals surface area contributed by atoms with Crippen LogP contribution in [0.1, 0.15) is 17.3 Å². The van der Waals surface area contributed by atoms with Crippen molar-refractivity contribution in [1.29, 1.82) is 0 Å². The molecule has 1 amide bonds. The molecule has 1 aliphatic rings. The highest BCUT2D eigenvalue weighted by atomic mass is 79.9. The Labute approximate surface area is 145 Å².